The molecule has 1 aliphatic carbocycles. The molecule has 2 amide bonds. The van der Waals surface area contributed by atoms with E-state index in [2.05, 4.69) is 5.32 Å². The van der Waals surface area contributed by atoms with E-state index < -0.39 is 28.5 Å². The Morgan fingerprint density at radius 2 is 1.47 bits per heavy atom. The molecule has 0 aromatic heterocycles. The van der Waals surface area contributed by atoms with E-state index in [9.17, 15) is 18.0 Å². The van der Waals surface area contributed by atoms with Crippen LogP contribution in [0.5, 0.6) is 0 Å². The summed E-state index contributed by atoms with van der Waals surface area (Å²) in [5.74, 6) is -0.811. The van der Waals surface area contributed by atoms with Gasteiger partial charge in [-0.25, -0.2) is 8.42 Å². The minimum Gasteiger partial charge on any atom is -0.352 e. The molecule has 0 unspecified atom stereocenters. The van der Waals surface area contributed by atoms with E-state index in [0.717, 1.165) is 46.7 Å². The number of rotatable bonds is 12. The lowest BCUT2D eigenvalue weighted by Crippen LogP contribution is -2.54. The molecule has 47 heavy (non-hydrogen) atoms. The maximum atomic E-state index is 14.7. The van der Waals surface area contributed by atoms with Crippen molar-refractivity contribution in [2.75, 3.05) is 10.8 Å². The van der Waals surface area contributed by atoms with Crippen LogP contribution in [0.15, 0.2) is 102 Å². The van der Waals surface area contributed by atoms with E-state index in [1.165, 1.54) is 17.0 Å². The van der Waals surface area contributed by atoms with Crippen LogP contribution in [0.25, 0.3) is 0 Å². The molecule has 0 saturated heterocycles. The Balaban J connectivity index is 1.58. The Morgan fingerprint density at radius 1 is 0.809 bits per heavy atom. The Labute approximate surface area is 287 Å². The number of anilines is 1. The van der Waals surface area contributed by atoms with Gasteiger partial charge in [0.25, 0.3) is 10.0 Å². The number of nitrogens with one attached hydrogen (secondary N) is 1. The molecule has 0 aliphatic heterocycles. The summed E-state index contributed by atoms with van der Waals surface area (Å²) in [5, 5.41) is 3.86. The van der Waals surface area contributed by atoms with Gasteiger partial charge in [0.1, 0.15) is 12.6 Å². The normalized spacial score (nSPS) is 14.0. The average Bonchev–Trinajstić information content (AvgIpc) is 3.58. The van der Waals surface area contributed by atoms with Crippen LogP contribution in [0.1, 0.15) is 47.9 Å². The van der Waals surface area contributed by atoms with Crippen LogP contribution in [-0.2, 0) is 32.6 Å². The van der Waals surface area contributed by atoms with Crippen LogP contribution in [0.2, 0.25) is 10.0 Å². The van der Waals surface area contributed by atoms with Gasteiger partial charge in [0.15, 0.2) is 0 Å². The molecule has 1 saturated carbocycles. The third-order valence-corrected chi connectivity index (χ3v) is 11.2. The molecular weight excluding hydrogens is 653 g/mol. The Morgan fingerprint density at radius 3 is 2.11 bits per heavy atom. The summed E-state index contributed by atoms with van der Waals surface area (Å²) in [6.45, 7) is 3.32. The quantitative estimate of drug-likeness (QED) is 0.167. The maximum absolute atomic E-state index is 14.7. The van der Waals surface area contributed by atoms with Crippen LogP contribution in [0.4, 0.5) is 5.69 Å². The van der Waals surface area contributed by atoms with Gasteiger partial charge in [0, 0.05) is 19.0 Å². The lowest BCUT2D eigenvalue weighted by molar-refractivity contribution is -0.140. The molecule has 0 radical (unpaired) electrons. The lowest BCUT2D eigenvalue weighted by atomic mass is 10.0. The SMILES string of the molecule is Cc1ccc(N(CC(=O)N(Cc2ccc(Cl)c(Cl)c2)[C@@H](Cc2ccccc2)C(=O)NC2CCCC2)S(=O)(=O)c2ccccc2)cc1C. The minimum atomic E-state index is -4.17. The molecule has 1 N–H and O–H groups in total. The number of nitrogens with zero attached hydrogens (tertiary/aromatic N) is 2. The van der Waals surface area contributed by atoms with Gasteiger partial charge in [-0.3, -0.25) is 13.9 Å². The van der Waals surface area contributed by atoms with E-state index in [4.69, 9.17) is 23.2 Å². The second-order valence-corrected chi connectivity index (χ2v) is 14.7. The summed E-state index contributed by atoms with van der Waals surface area (Å²) in [6, 6.07) is 27.0. The van der Waals surface area contributed by atoms with Gasteiger partial charge in [-0.05, 0) is 85.3 Å². The summed E-state index contributed by atoms with van der Waals surface area (Å²) >= 11 is 12.6. The molecule has 1 atom stereocenters. The lowest BCUT2D eigenvalue weighted by Gasteiger charge is -2.34. The van der Waals surface area contributed by atoms with Crippen LogP contribution in [-0.4, -0.2) is 43.8 Å². The number of amides is 2. The third-order valence-electron chi connectivity index (χ3n) is 8.70. The average molecular weight is 693 g/mol. The Hall–Kier alpha value is -3.85. The van der Waals surface area contributed by atoms with Gasteiger partial charge in [-0.2, -0.15) is 0 Å². The third kappa shape index (κ3) is 8.55. The standard InChI is InChI=1S/C37H39Cl2N3O4S/c1-26-17-19-31(21-27(26)2)42(47(45,46)32-15-7-4-8-16-32)25-36(43)41(24-29-18-20-33(38)34(39)22-29)35(23-28-11-5-3-6-12-28)37(44)40-30-13-9-10-14-30/h3-8,11-12,15-22,30,35H,9-10,13-14,23-25H2,1-2H3,(H,40,44)/t35-/m0/s1. The molecular formula is C37H39Cl2N3O4S. The minimum absolute atomic E-state index is 0.0114. The van der Waals surface area contributed by atoms with Crippen molar-refractivity contribution in [1.29, 1.82) is 0 Å². The van der Waals surface area contributed by atoms with Crippen molar-refractivity contribution in [3.05, 3.63) is 129 Å². The van der Waals surface area contributed by atoms with Crippen molar-refractivity contribution >= 4 is 50.7 Å². The largest absolute Gasteiger partial charge is 0.352 e. The van der Waals surface area contributed by atoms with E-state index in [1.807, 2.05) is 50.2 Å². The van der Waals surface area contributed by atoms with Crippen molar-refractivity contribution in [1.82, 2.24) is 10.2 Å². The fraction of sp³-hybridized carbons (Fsp3) is 0.297. The number of carbonyl (C=O) groups is 2. The van der Waals surface area contributed by atoms with Gasteiger partial charge >= 0.3 is 0 Å². The van der Waals surface area contributed by atoms with Gasteiger partial charge in [-0.1, -0.05) is 96.7 Å². The molecule has 5 rings (SSSR count). The predicted octanol–water partition coefficient (Wildman–Crippen LogP) is 7.50. The number of halogens is 2. The van der Waals surface area contributed by atoms with Gasteiger partial charge in [-0.15, -0.1) is 0 Å². The Kier molecular flexibility index (Phi) is 11.3. The van der Waals surface area contributed by atoms with Gasteiger partial charge in [0.05, 0.1) is 20.6 Å². The van der Waals surface area contributed by atoms with Crippen molar-refractivity contribution in [2.45, 2.75) is 69.5 Å². The zero-order chi connectivity index (χ0) is 33.6. The van der Waals surface area contributed by atoms with Crippen molar-refractivity contribution in [3.8, 4) is 0 Å². The monoisotopic (exact) mass is 691 g/mol. The number of sulfonamides is 1. The number of aryl methyl sites for hydroxylation is 2. The van der Waals surface area contributed by atoms with Crippen molar-refractivity contribution in [2.24, 2.45) is 0 Å². The molecule has 1 fully saturated rings. The molecule has 246 valence electrons. The molecule has 0 heterocycles. The number of carbonyl (C=O) groups excluding carboxylic acids is 2. The fourth-order valence-electron chi connectivity index (χ4n) is 5.89. The molecule has 0 bridgehead atoms. The number of hydrogen-bond donors (Lipinski definition) is 1. The van der Waals surface area contributed by atoms with Gasteiger partial charge < -0.3 is 10.2 Å². The Bertz CT molecular complexity index is 1810. The van der Waals surface area contributed by atoms with Crippen LogP contribution in [0.3, 0.4) is 0 Å². The van der Waals surface area contributed by atoms with E-state index in [-0.39, 0.29) is 29.8 Å². The zero-order valence-electron chi connectivity index (χ0n) is 26.5. The zero-order valence-corrected chi connectivity index (χ0v) is 28.9. The van der Waals surface area contributed by atoms with Crippen LogP contribution in [0, 0.1) is 13.8 Å². The highest BCUT2D eigenvalue weighted by Gasteiger charge is 2.35. The van der Waals surface area contributed by atoms with E-state index in [1.54, 1.807) is 48.5 Å². The summed E-state index contributed by atoms with van der Waals surface area (Å²) in [6.07, 6.45) is 4.05. The number of benzene rings is 4. The molecule has 4 aromatic rings. The first-order valence-electron chi connectivity index (χ1n) is 15.8. The second kappa shape index (κ2) is 15.4. The fourth-order valence-corrected chi connectivity index (χ4v) is 7.63. The van der Waals surface area contributed by atoms with E-state index in [0.29, 0.717) is 21.3 Å². The number of hydrogen-bond acceptors (Lipinski definition) is 4. The first-order valence-corrected chi connectivity index (χ1v) is 18.0. The van der Waals surface area contributed by atoms with Crippen molar-refractivity contribution < 1.29 is 18.0 Å². The summed E-state index contributed by atoms with van der Waals surface area (Å²) in [7, 11) is -4.17. The van der Waals surface area contributed by atoms with E-state index >= 15 is 0 Å². The molecule has 1 aliphatic rings. The highest BCUT2D eigenvalue weighted by atomic mass is 35.5. The molecule has 0 spiro atoms. The molecule has 4 aromatic carbocycles. The summed E-state index contributed by atoms with van der Waals surface area (Å²) < 4.78 is 29.5. The topological polar surface area (TPSA) is 86.8 Å². The smallest absolute Gasteiger partial charge is 0.264 e. The first-order chi connectivity index (χ1) is 22.5. The first kappa shape index (κ1) is 34.5. The maximum Gasteiger partial charge on any atom is 0.264 e. The summed E-state index contributed by atoms with van der Waals surface area (Å²) in [5.41, 5.74) is 3.76. The molecule has 10 heteroatoms. The molecule has 7 nitrogen and oxygen atoms in total. The van der Waals surface area contributed by atoms with Crippen LogP contribution >= 0.6 is 23.2 Å². The highest BCUT2D eigenvalue weighted by molar-refractivity contribution is 7.92. The van der Waals surface area contributed by atoms with Gasteiger partial charge in [0.2, 0.25) is 11.8 Å². The summed E-state index contributed by atoms with van der Waals surface area (Å²) in [4.78, 5) is 30.3. The second-order valence-electron chi connectivity index (χ2n) is 12.1. The van der Waals surface area contributed by atoms with Crippen molar-refractivity contribution in [3.63, 3.8) is 0 Å². The predicted molar refractivity (Wildman–Crippen MR) is 188 cm³/mol. The highest BCUT2D eigenvalue weighted by Crippen LogP contribution is 2.28. The van der Waals surface area contributed by atoms with Crippen LogP contribution < -0.4 is 9.62 Å².